The van der Waals surface area contributed by atoms with Crippen molar-refractivity contribution in [1.82, 2.24) is 4.90 Å². The number of amides is 2. The molecule has 9 heteroatoms. The van der Waals surface area contributed by atoms with E-state index in [1.54, 1.807) is 29.2 Å². The Hall–Kier alpha value is -3.78. The molecule has 1 aliphatic rings. The van der Waals surface area contributed by atoms with Gasteiger partial charge in [-0.3, -0.25) is 9.59 Å². The summed E-state index contributed by atoms with van der Waals surface area (Å²) in [7, 11) is 4.50. The zero-order valence-electron chi connectivity index (χ0n) is 19.4. The highest BCUT2D eigenvalue weighted by molar-refractivity contribution is 6.31. The molecule has 3 aromatic rings. The van der Waals surface area contributed by atoms with Gasteiger partial charge in [-0.25, -0.2) is 4.39 Å². The Kier molecular flexibility index (Phi) is 7.12. The number of halogens is 2. The summed E-state index contributed by atoms with van der Waals surface area (Å²) in [6.45, 7) is 0.339. The summed E-state index contributed by atoms with van der Waals surface area (Å²) < 4.78 is 29.9. The quantitative estimate of drug-likeness (QED) is 0.460. The maximum atomic E-state index is 13.5. The Bertz CT molecular complexity index is 1260. The molecule has 1 aliphatic heterocycles. The molecule has 2 amide bonds. The minimum atomic E-state index is -0.653. The molecule has 0 unspecified atom stereocenters. The molecule has 3 aromatic carbocycles. The molecule has 1 heterocycles. The van der Waals surface area contributed by atoms with Crippen LogP contribution in [0.4, 0.5) is 10.1 Å². The van der Waals surface area contributed by atoms with Crippen LogP contribution in [0.1, 0.15) is 33.9 Å². The first-order chi connectivity index (χ1) is 16.9. The van der Waals surface area contributed by atoms with E-state index in [0.717, 1.165) is 5.56 Å². The molecule has 35 heavy (non-hydrogen) atoms. The molecule has 0 bridgehead atoms. The number of rotatable bonds is 8. The first kappa shape index (κ1) is 24.3. The molecule has 0 saturated heterocycles. The Labute approximate surface area is 207 Å². The van der Waals surface area contributed by atoms with Crippen LogP contribution in [0.25, 0.3) is 0 Å². The van der Waals surface area contributed by atoms with Crippen LogP contribution in [0, 0.1) is 5.82 Å². The fourth-order valence-electron chi connectivity index (χ4n) is 4.19. The number of benzene rings is 3. The van der Waals surface area contributed by atoms with E-state index in [0.29, 0.717) is 40.6 Å². The van der Waals surface area contributed by atoms with Crippen LogP contribution in [0.2, 0.25) is 5.02 Å². The highest BCUT2D eigenvalue weighted by atomic mass is 35.5. The van der Waals surface area contributed by atoms with Gasteiger partial charge in [0, 0.05) is 17.8 Å². The number of carbonyl (C=O) groups is 2. The molecule has 0 spiro atoms. The number of anilines is 1. The van der Waals surface area contributed by atoms with Gasteiger partial charge in [0.15, 0.2) is 11.5 Å². The zero-order chi connectivity index (χ0) is 25.1. The van der Waals surface area contributed by atoms with Crippen LogP contribution in [0.3, 0.4) is 0 Å². The van der Waals surface area contributed by atoms with Gasteiger partial charge in [-0.1, -0.05) is 29.8 Å². The van der Waals surface area contributed by atoms with E-state index in [9.17, 15) is 14.0 Å². The number of fused-ring (bicyclic) bond motifs is 1. The number of nitrogens with one attached hydrogen (secondary N) is 1. The molecular formula is C26H24ClFN2O5. The summed E-state index contributed by atoms with van der Waals surface area (Å²) >= 11 is 5.85. The smallest absolute Gasteiger partial charge is 0.255 e. The fourth-order valence-corrected chi connectivity index (χ4v) is 4.37. The van der Waals surface area contributed by atoms with E-state index in [-0.39, 0.29) is 23.3 Å². The van der Waals surface area contributed by atoms with Gasteiger partial charge in [-0.05, 0) is 47.5 Å². The first-order valence-electron chi connectivity index (χ1n) is 10.8. The van der Waals surface area contributed by atoms with Gasteiger partial charge in [0.2, 0.25) is 11.7 Å². The van der Waals surface area contributed by atoms with Crippen molar-refractivity contribution in [2.75, 3.05) is 26.6 Å². The number of hydrogen-bond donors (Lipinski definition) is 1. The molecule has 0 aromatic heterocycles. The van der Waals surface area contributed by atoms with E-state index in [4.69, 9.17) is 25.8 Å². The number of methoxy groups -OCH3 is 3. The SMILES string of the molecule is COc1cc([C@H](CC(=O)Nc2ccc(F)c(Cl)c2)N2Cc3ccccc3C2=O)cc(OC)c1OC. The first-order valence-corrected chi connectivity index (χ1v) is 11.2. The molecule has 1 N–H and O–H groups in total. The summed E-state index contributed by atoms with van der Waals surface area (Å²) in [5, 5.41) is 2.63. The fraction of sp³-hybridized carbons (Fsp3) is 0.231. The van der Waals surface area contributed by atoms with Crippen LogP contribution in [0.5, 0.6) is 17.2 Å². The molecule has 0 radical (unpaired) electrons. The molecule has 1 atom stereocenters. The van der Waals surface area contributed by atoms with Crippen molar-refractivity contribution in [1.29, 1.82) is 0 Å². The largest absolute Gasteiger partial charge is 0.493 e. The standard InChI is InChI=1S/C26H24ClFN2O5/c1-33-22-10-16(11-23(34-2)25(22)35-3)21(30-14-15-6-4-5-7-18(15)26(30)32)13-24(31)29-17-8-9-20(28)19(27)12-17/h4-12,21H,13-14H2,1-3H3,(H,29,31)/t21-/m0/s1. The van der Waals surface area contributed by atoms with Crippen LogP contribution >= 0.6 is 11.6 Å². The van der Waals surface area contributed by atoms with E-state index >= 15 is 0 Å². The molecule has 7 nitrogen and oxygen atoms in total. The van der Waals surface area contributed by atoms with Gasteiger partial charge < -0.3 is 24.4 Å². The van der Waals surface area contributed by atoms with E-state index in [2.05, 4.69) is 5.32 Å². The normalized spacial score (nSPS) is 13.3. The predicted octanol–water partition coefficient (Wildman–Crippen LogP) is 5.23. The lowest BCUT2D eigenvalue weighted by Gasteiger charge is -2.29. The van der Waals surface area contributed by atoms with E-state index in [1.807, 2.05) is 12.1 Å². The Morgan fingerprint density at radius 3 is 2.34 bits per heavy atom. The highest BCUT2D eigenvalue weighted by Crippen LogP contribution is 2.43. The third-order valence-electron chi connectivity index (χ3n) is 5.88. The van der Waals surface area contributed by atoms with E-state index < -0.39 is 11.9 Å². The van der Waals surface area contributed by atoms with Gasteiger partial charge >= 0.3 is 0 Å². The second-order valence-corrected chi connectivity index (χ2v) is 8.35. The molecule has 0 aliphatic carbocycles. The van der Waals surface area contributed by atoms with Crippen LogP contribution in [-0.2, 0) is 11.3 Å². The van der Waals surface area contributed by atoms with Crippen LogP contribution < -0.4 is 19.5 Å². The summed E-state index contributed by atoms with van der Waals surface area (Å²) in [6.07, 6.45) is -0.0760. The van der Waals surface area contributed by atoms with Crippen molar-refractivity contribution in [3.63, 3.8) is 0 Å². The Morgan fingerprint density at radius 2 is 1.74 bits per heavy atom. The van der Waals surface area contributed by atoms with Crippen LogP contribution in [0.15, 0.2) is 54.6 Å². The minimum absolute atomic E-state index is 0.0760. The van der Waals surface area contributed by atoms with Crippen molar-refractivity contribution in [2.45, 2.75) is 19.0 Å². The molecular weight excluding hydrogens is 475 g/mol. The highest BCUT2D eigenvalue weighted by Gasteiger charge is 2.35. The topological polar surface area (TPSA) is 77.1 Å². The lowest BCUT2D eigenvalue weighted by molar-refractivity contribution is -0.117. The molecule has 0 fully saturated rings. The monoisotopic (exact) mass is 498 g/mol. The van der Waals surface area contributed by atoms with Crippen molar-refractivity contribution < 1.29 is 28.2 Å². The van der Waals surface area contributed by atoms with Gasteiger partial charge in [-0.2, -0.15) is 0 Å². The minimum Gasteiger partial charge on any atom is -0.493 e. The average molecular weight is 499 g/mol. The van der Waals surface area contributed by atoms with Crippen molar-refractivity contribution >= 4 is 29.1 Å². The average Bonchev–Trinajstić information content (AvgIpc) is 3.20. The molecule has 182 valence electrons. The third-order valence-corrected chi connectivity index (χ3v) is 6.17. The van der Waals surface area contributed by atoms with Gasteiger partial charge in [0.25, 0.3) is 5.91 Å². The lowest BCUT2D eigenvalue weighted by atomic mass is 10.00. The Morgan fingerprint density at radius 1 is 1.06 bits per heavy atom. The van der Waals surface area contributed by atoms with Gasteiger partial charge in [0.1, 0.15) is 5.82 Å². The number of nitrogens with zero attached hydrogens (tertiary/aromatic N) is 1. The van der Waals surface area contributed by atoms with E-state index in [1.165, 1.54) is 39.5 Å². The third kappa shape index (κ3) is 4.88. The second kappa shape index (κ2) is 10.2. The predicted molar refractivity (Wildman–Crippen MR) is 130 cm³/mol. The van der Waals surface area contributed by atoms with Gasteiger partial charge in [-0.15, -0.1) is 0 Å². The maximum Gasteiger partial charge on any atom is 0.255 e. The number of ether oxygens (including phenoxy) is 3. The number of carbonyl (C=O) groups excluding carboxylic acids is 2. The summed E-state index contributed by atoms with van der Waals surface area (Å²) in [4.78, 5) is 28.0. The summed E-state index contributed by atoms with van der Waals surface area (Å²) in [5.74, 6) is 0.0648. The van der Waals surface area contributed by atoms with Crippen LogP contribution in [-0.4, -0.2) is 38.0 Å². The Balaban J connectivity index is 1.71. The van der Waals surface area contributed by atoms with Crippen molar-refractivity contribution in [3.05, 3.63) is 82.1 Å². The zero-order valence-corrected chi connectivity index (χ0v) is 20.2. The lowest BCUT2D eigenvalue weighted by Crippen LogP contribution is -2.32. The number of hydrogen-bond acceptors (Lipinski definition) is 5. The molecule has 4 rings (SSSR count). The van der Waals surface area contributed by atoms with Gasteiger partial charge in [0.05, 0.1) is 38.8 Å². The molecule has 0 saturated carbocycles. The summed E-state index contributed by atoms with van der Waals surface area (Å²) in [5.41, 5.74) is 2.45. The van der Waals surface area contributed by atoms with Crippen molar-refractivity contribution in [3.8, 4) is 17.2 Å². The summed E-state index contributed by atoms with van der Waals surface area (Å²) in [6, 6.07) is 14.1. The second-order valence-electron chi connectivity index (χ2n) is 7.95. The maximum absolute atomic E-state index is 13.5. The van der Waals surface area contributed by atoms with Crippen molar-refractivity contribution in [2.24, 2.45) is 0 Å².